The van der Waals surface area contributed by atoms with Gasteiger partial charge < -0.3 is 15.0 Å². The Hall–Kier alpha value is -1.29. The van der Waals surface area contributed by atoms with Crippen LogP contribution in [0.4, 0.5) is 0 Å². The molecule has 0 spiro atoms. The molecule has 2 rings (SSSR count). The Morgan fingerprint density at radius 2 is 2.60 bits per heavy atom. The third kappa shape index (κ3) is 1.77. The number of nitrogens with two attached hydrogens (primary N) is 1. The average molecular weight is 207 g/mol. The van der Waals surface area contributed by atoms with Gasteiger partial charge >= 0.3 is 0 Å². The summed E-state index contributed by atoms with van der Waals surface area (Å²) in [5, 5.41) is 0. The number of hydrogen-bond acceptors (Lipinski definition) is 3. The fourth-order valence-corrected chi connectivity index (χ4v) is 1.99. The summed E-state index contributed by atoms with van der Waals surface area (Å²) in [7, 11) is 0. The number of ether oxygens (including phenoxy) is 1. The minimum Gasteiger partial charge on any atom is -0.497 e. The van der Waals surface area contributed by atoms with E-state index in [4.69, 9.17) is 10.5 Å². The molecule has 0 saturated heterocycles. The lowest BCUT2D eigenvalue weighted by atomic mass is 10.1. The number of fused-ring (bicyclic) bond motifs is 1. The summed E-state index contributed by atoms with van der Waals surface area (Å²) in [5.41, 5.74) is 8.20. The summed E-state index contributed by atoms with van der Waals surface area (Å²) < 4.78 is 7.48. The zero-order chi connectivity index (χ0) is 10.8. The van der Waals surface area contributed by atoms with Crippen LogP contribution < -0.4 is 5.73 Å². The van der Waals surface area contributed by atoms with Crippen molar-refractivity contribution in [2.45, 2.75) is 32.4 Å². The van der Waals surface area contributed by atoms with Crippen molar-refractivity contribution in [1.82, 2.24) is 9.55 Å². The molecule has 0 fully saturated rings. The van der Waals surface area contributed by atoms with Gasteiger partial charge in [0.05, 0.1) is 18.6 Å². The number of imidazole rings is 1. The van der Waals surface area contributed by atoms with Gasteiger partial charge in [0.25, 0.3) is 0 Å². The molecule has 4 nitrogen and oxygen atoms in total. The van der Waals surface area contributed by atoms with Gasteiger partial charge in [0, 0.05) is 12.2 Å². The van der Waals surface area contributed by atoms with Crippen LogP contribution in [0, 0.1) is 0 Å². The fourth-order valence-electron chi connectivity index (χ4n) is 1.99. The maximum absolute atomic E-state index is 6.04. The first-order valence-electron chi connectivity index (χ1n) is 5.35. The van der Waals surface area contributed by atoms with Crippen LogP contribution in [0.1, 0.15) is 30.8 Å². The quantitative estimate of drug-likeness (QED) is 0.759. The van der Waals surface area contributed by atoms with Gasteiger partial charge in [-0.2, -0.15) is 0 Å². The highest BCUT2D eigenvalue weighted by Crippen LogP contribution is 2.25. The van der Waals surface area contributed by atoms with Crippen LogP contribution in [0.3, 0.4) is 0 Å². The van der Waals surface area contributed by atoms with Crippen LogP contribution in [0.25, 0.3) is 0 Å². The minimum atomic E-state index is -0.292. The van der Waals surface area contributed by atoms with Gasteiger partial charge in [-0.05, 0) is 19.8 Å². The van der Waals surface area contributed by atoms with Crippen molar-refractivity contribution in [3.63, 3.8) is 0 Å². The van der Waals surface area contributed by atoms with E-state index in [-0.39, 0.29) is 6.04 Å². The molecule has 2 N–H and O–H groups in total. The van der Waals surface area contributed by atoms with Crippen molar-refractivity contribution >= 4 is 0 Å². The second-order valence-electron chi connectivity index (χ2n) is 3.75. The maximum atomic E-state index is 6.04. The standard InChI is InChI=1S/C11H17N3O/c1-3-15-8(2)10(12)11-9-5-4-6-14(9)7-13-11/h7,10H,2-6,12H2,1H3. The third-order valence-electron chi connectivity index (χ3n) is 2.76. The number of nitrogens with zero attached hydrogens (tertiary/aromatic N) is 2. The van der Waals surface area contributed by atoms with E-state index in [1.54, 1.807) is 0 Å². The van der Waals surface area contributed by atoms with Gasteiger partial charge in [-0.15, -0.1) is 0 Å². The van der Waals surface area contributed by atoms with Crippen molar-refractivity contribution in [3.05, 3.63) is 30.1 Å². The minimum absolute atomic E-state index is 0.292. The first kappa shape index (κ1) is 10.2. The van der Waals surface area contributed by atoms with Gasteiger partial charge in [0.1, 0.15) is 11.8 Å². The van der Waals surface area contributed by atoms with Crippen molar-refractivity contribution < 1.29 is 4.74 Å². The van der Waals surface area contributed by atoms with Gasteiger partial charge in [0.15, 0.2) is 0 Å². The zero-order valence-electron chi connectivity index (χ0n) is 9.07. The van der Waals surface area contributed by atoms with Gasteiger partial charge in [0.2, 0.25) is 0 Å². The molecule has 0 aromatic carbocycles. The Morgan fingerprint density at radius 3 is 3.33 bits per heavy atom. The van der Waals surface area contributed by atoms with E-state index in [2.05, 4.69) is 16.1 Å². The fraction of sp³-hybridized carbons (Fsp3) is 0.545. The van der Waals surface area contributed by atoms with E-state index in [9.17, 15) is 0 Å². The molecule has 82 valence electrons. The zero-order valence-corrected chi connectivity index (χ0v) is 9.07. The smallest absolute Gasteiger partial charge is 0.112 e. The van der Waals surface area contributed by atoms with E-state index in [0.29, 0.717) is 12.4 Å². The SMILES string of the molecule is C=C(OCC)C(N)c1ncn2c1CCC2. The summed E-state index contributed by atoms with van der Waals surface area (Å²) in [6.07, 6.45) is 4.10. The van der Waals surface area contributed by atoms with E-state index in [1.807, 2.05) is 13.3 Å². The number of rotatable bonds is 4. The van der Waals surface area contributed by atoms with E-state index >= 15 is 0 Å². The highest BCUT2D eigenvalue weighted by molar-refractivity contribution is 5.24. The van der Waals surface area contributed by atoms with Crippen LogP contribution in [0.5, 0.6) is 0 Å². The van der Waals surface area contributed by atoms with E-state index in [0.717, 1.165) is 18.7 Å². The molecular weight excluding hydrogens is 190 g/mol. The number of aromatic nitrogens is 2. The van der Waals surface area contributed by atoms with Crippen LogP contribution in [-0.2, 0) is 17.7 Å². The molecule has 1 unspecified atom stereocenters. The average Bonchev–Trinajstić information content (AvgIpc) is 2.77. The Kier molecular flexibility index (Phi) is 2.77. The molecule has 0 saturated carbocycles. The summed E-state index contributed by atoms with van der Waals surface area (Å²) in [4.78, 5) is 4.34. The van der Waals surface area contributed by atoms with Crippen molar-refractivity contribution in [1.29, 1.82) is 0 Å². The molecule has 1 aromatic rings. The number of hydrogen-bond donors (Lipinski definition) is 1. The second-order valence-corrected chi connectivity index (χ2v) is 3.75. The van der Waals surface area contributed by atoms with Crippen LogP contribution in [-0.4, -0.2) is 16.2 Å². The predicted octanol–water partition coefficient (Wildman–Crippen LogP) is 1.38. The highest BCUT2D eigenvalue weighted by atomic mass is 16.5. The lowest BCUT2D eigenvalue weighted by molar-refractivity contribution is 0.210. The molecule has 1 atom stereocenters. The topological polar surface area (TPSA) is 53.1 Å². The highest BCUT2D eigenvalue weighted by Gasteiger charge is 2.22. The molecule has 2 heterocycles. The van der Waals surface area contributed by atoms with Crippen molar-refractivity contribution in [2.75, 3.05) is 6.61 Å². The van der Waals surface area contributed by atoms with E-state index in [1.165, 1.54) is 12.1 Å². The first-order chi connectivity index (χ1) is 7.24. The maximum Gasteiger partial charge on any atom is 0.112 e. The Bertz CT molecular complexity index is 370. The van der Waals surface area contributed by atoms with Crippen LogP contribution >= 0.6 is 0 Å². The number of aryl methyl sites for hydroxylation is 1. The lowest BCUT2D eigenvalue weighted by Crippen LogP contribution is -2.16. The van der Waals surface area contributed by atoms with Gasteiger partial charge in [-0.1, -0.05) is 6.58 Å². The summed E-state index contributed by atoms with van der Waals surface area (Å²) in [6, 6.07) is -0.292. The van der Waals surface area contributed by atoms with Crippen molar-refractivity contribution in [2.24, 2.45) is 5.73 Å². The van der Waals surface area contributed by atoms with Crippen molar-refractivity contribution in [3.8, 4) is 0 Å². The summed E-state index contributed by atoms with van der Waals surface area (Å²) >= 11 is 0. The molecule has 0 aliphatic carbocycles. The molecule has 0 radical (unpaired) electrons. The first-order valence-corrected chi connectivity index (χ1v) is 5.35. The van der Waals surface area contributed by atoms with E-state index < -0.39 is 0 Å². The van der Waals surface area contributed by atoms with Gasteiger partial charge in [-0.25, -0.2) is 4.98 Å². The predicted molar refractivity (Wildman–Crippen MR) is 58.2 cm³/mol. The second kappa shape index (κ2) is 4.06. The molecule has 15 heavy (non-hydrogen) atoms. The molecule has 0 amide bonds. The monoisotopic (exact) mass is 207 g/mol. The molecule has 1 aliphatic rings. The summed E-state index contributed by atoms with van der Waals surface area (Å²) in [5.74, 6) is 0.603. The molecule has 1 aliphatic heterocycles. The molecule has 0 bridgehead atoms. The molecular formula is C11H17N3O. The Morgan fingerprint density at radius 1 is 1.80 bits per heavy atom. The van der Waals surface area contributed by atoms with Crippen LogP contribution in [0.2, 0.25) is 0 Å². The normalized spacial score (nSPS) is 16.1. The summed E-state index contributed by atoms with van der Waals surface area (Å²) in [6.45, 7) is 7.41. The third-order valence-corrected chi connectivity index (χ3v) is 2.76. The largest absolute Gasteiger partial charge is 0.497 e. The molecule has 4 heteroatoms. The van der Waals surface area contributed by atoms with Gasteiger partial charge in [-0.3, -0.25) is 0 Å². The lowest BCUT2D eigenvalue weighted by Gasteiger charge is -2.14. The Labute approximate surface area is 89.7 Å². The Balaban J connectivity index is 2.18. The molecule has 1 aromatic heterocycles. The van der Waals surface area contributed by atoms with Crippen LogP contribution in [0.15, 0.2) is 18.7 Å².